The maximum absolute atomic E-state index is 12.1. The van der Waals surface area contributed by atoms with E-state index in [-0.39, 0.29) is 5.91 Å². The quantitative estimate of drug-likeness (QED) is 0.905. The molecule has 1 aromatic rings. The van der Waals surface area contributed by atoms with Gasteiger partial charge >= 0.3 is 0 Å². The molecule has 1 aliphatic rings. The monoisotopic (exact) mass is 310 g/mol. The number of nitrogens with zero attached hydrogens (tertiary/aromatic N) is 1. The normalized spacial score (nSPS) is 14.9. The number of carbonyl (C=O) groups excluding carboxylic acids is 1. The minimum atomic E-state index is 0.229. The van der Waals surface area contributed by atoms with Gasteiger partial charge in [-0.05, 0) is 37.8 Å². The molecule has 0 aromatic heterocycles. The van der Waals surface area contributed by atoms with E-state index in [0.29, 0.717) is 23.7 Å². The second-order valence-corrected chi connectivity index (χ2v) is 5.83. The summed E-state index contributed by atoms with van der Waals surface area (Å²) < 4.78 is 5.31. The highest BCUT2D eigenvalue weighted by molar-refractivity contribution is 6.31. The van der Waals surface area contributed by atoms with Crippen LogP contribution in [0.4, 0.5) is 5.69 Å². The molecular weight excluding hydrogens is 288 g/mol. The number of likely N-dealkylation sites (tertiary alicyclic amines) is 1. The van der Waals surface area contributed by atoms with E-state index < -0.39 is 0 Å². The third-order valence-corrected chi connectivity index (χ3v) is 4.25. The van der Waals surface area contributed by atoms with Crippen molar-refractivity contribution in [3.63, 3.8) is 0 Å². The number of nitrogens with one attached hydrogen (secondary N) is 1. The highest BCUT2D eigenvalue weighted by atomic mass is 35.5. The third-order valence-electron chi connectivity index (χ3n) is 3.84. The molecule has 1 N–H and O–H groups in total. The molecule has 116 valence electrons. The summed E-state index contributed by atoms with van der Waals surface area (Å²) in [5.74, 6) is 0.933. The minimum absolute atomic E-state index is 0.229. The van der Waals surface area contributed by atoms with Crippen LogP contribution < -0.4 is 10.1 Å². The standard InChI is InChI=1S/C16H23ClN2O2/c1-12-10-14(15(21-2)11-13(12)17)18-7-6-16(20)19-8-4-3-5-9-19/h10-11,18H,3-9H2,1-2H3. The number of aryl methyl sites for hydroxylation is 1. The van der Waals surface area contributed by atoms with Crippen LogP contribution in [0, 0.1) is 6.92 Å². The molecule has 2 rings (SSSR count). The molecule has 1 amide bonds. The first-order valence-electron chi connectivity index (χ1n) is 7.47. The molecule has 0 aliphatic carbocycles. The van der Waals surface area contributed by atoms with Gasteiger partial charge in [-0.15, -0.1) is 0 Å². The topological polar surface area (TPSA) is 41.6 Å². The summed E-state index contributed by atoms with van der Waals surface area (Å²) in [7, 11) is 1.62. The van der Waals surface area contributed by atoms with E-state index in [0.717, 1.165) is 37.2 Å². The molecule has 0 bridgehead atoms. The van der Waals surface area contributed by atoms with Crippen molar-refractivity contribution in [2.45, 2.75) is 32.6 Å². The van der Waals surface area contributed by atoms with Gasteiger partial charge < -0.3 is 15.0 Å². The first-order chi connectivity index (χ1) is 10.1. The van der Waals surface area contributed by atoms with Gasteiger partial charge in [0.2, 0.25) is 5.91 Å². The number of carbonyl (C=O) groups is 1. The first-order valence-corrected chi connectivity index (χ1v) is 7.85. The number of amides is 1. The summed E-state index contributed by atoms with van der Waals surface area (Å²) in [5, 5.41) is 3.95. The summed E-state index contributed by atoms with van der Waals surface area (Å²) in [4.78, 5) is 14.1. The van der Waals surface area contributed by atoms with Crippen molar-refractivity contribution in [3.05, 3.63) is 22.7 Å². The van der Waals surface area contributed by atoms with Gasteiger partial charge in [0, 0.05) is 37.1 Å². The smallest absolute Gasteiger partial charge is 0.224 e. The predicted octanol–water partition coefficient (Wildman–Crippen LogP) is 3.47. The Hall–Kier alpha value is -1.42. The number of benzene rings is 1. The van der Waals surface area contributed by atoms with Crippen molar-refractivity contribution >= 4 is 23.2 Å². The molecule has 0 atom stereocenters. The van der Waals surface area contributed by atoms with E-state index >= 15 is 0 Å². The van der Waals surface area contributed by atoms with E-state index in [1.807, 2.05) is 17.9 Å². The zero-order valence-electron chi connectivity index (χ0n) is 12.7. The number of methoxy groups -OCH3 is 1. The number of ether oxygens (including phenoxy) is 1. The molecule has 21 heavy (non-hydrogen) atoms. The molecule has 0 radical (unpaired) electrons. The highest BCUT2D eigenvalue weighted by Crippen LogP contribution is 2.30. The van der Waals surface area contributed by atoms with Crippen LogP contribution in [0.25, 0.3) is 0 Å². The highest BCUT2D eigenvalue weighted by Gasteiger charge is 2.16. The van der Waals surface area contributed by atoms with E-state index in [4.69, 9.17) is 16.3 Å². The van der Waals surface area contributed by atoms with Crippen LogP contribution in [-0.4, -0.2) is 37.6 Å². The van der Waals surface area contributed by atoms with E-state index in [1.54, 1.807) is 13.2 Å². The molecule has 0 saturated carbocycles. The van der Waals surface area contributed by atoms with Crippen molar-refractivity contribution in [1.29, 1.82) is 0 Å². The molecule has 4 nitrogen and oxygen atoms in total. The SMILES string of the molecule is COc1cc(Cl)c(C)cc1NCCC(=O)N1CCCCC1. The Labute approximate surface area is 131 Å². The van der Waals surface area contributed by atoms with Gasteiger partial charge in [-0.1, -0.05) is 11.6 Å². The summed E-state index contributed by atoms with van der Waals surface area (Å²) in [5.41, 5.74) is 1.87. The summed E-state index contributed by atoms with van der Waals surface area (Å²) in [6, 6.07) is 3.75. The average Bonchev–Trinajstić information content (AvgIpc) is 2.51. The van der Waals surface area contributed by atoms with Crippen molar-refractivity contribution in [3.8, 4) is 5.75 Å². The van der Waals surface area contributed by atoms with E-state index in [2.05, 4.69) is 5.32 Å². The van der Waals surface area contributed by atoms with Crippen LogP contribution in [0.15, 0.2) is 12.1 Å². The first kappa shape index (κ1) is 16.0. The second kappa shape index (κ2) is 7.55. The van der Waals surface area contributed by atoms with Crippen molar-refractivity contribution in [2.24, 2.45) is 0 Å². The van der Waals surface area contributed by atoms with Crippen LogP contribution in [0.3, 0.4) is 0 Å². The lowest BCUT2D eigenvalue weighted by molar-refractivity contribution is -0.131. The average molecular weight is 311 g/mol. The van der Waals surface area contributed by atoms with Crippen LogP contribution in [-0.2, 0) is 4.79 Å². The van der Waals surface area contributed by atoms with Gasteiger partial charge in [-0.2, -0.15) is 0 Å². The molecule has 1 heterocycles. The fourth-order valence-corrected chi connectivity index (χ4v) is 2.73. The molecular formula is C16H23ClN2O2. The largest absolute Gasteiger partial charge is 0.495 e. The molecule has 1 saturated heterocycles. The molecule has 1 aliphatic heterocycles. The number of rotatable bonds is 5. The number of hydrogen-bond acceptors (Lipinski definition) is 3. The zero-order valence-corrected chi connectivity index (χ0v) is 13.5. The lowest BCUT2D eigenvalue weighted by Gasteiger charge is -2.26. The van der Waals surface area contributed by atoms with Crippen LogP contribution >= 0.6 is 11.6 Å². The second-order valence-electron chi connectivity index (χ2n) is 5.42. The van der Waals surface area contributed by atoms with Gasteiger partial charge in [0.05, 0.1) is 12.8 Å². The fraction of sp³-hybridized carbons (Fsp3) is 0.562. The zero-order chi connectivity index (χ0) is 15.2. The lowest BCUT2D eigenvalue weighted by atomic mass is 10.1. The maximum Gasteiger partial charge on any atom is 0.224 e. The number of halogens is 1. The van der Waals surface area contributed by atoms with Crippen LogP contribution in [0.1, 0.15) is 31.2 Å². The summed E-state index contributed by atoms with van der Waals surface area (Å²) in [6.45, 7) is 4.36. The Kier molecular flexibility index (Phi) is 5.74. The maximum atomic E-state index is 12.1. The van der Waals surface area contributed by atoms with Gasteiger partial charge in [0.15, 0.2) is 0 Å². The van der Waals surface area contributed by atoms with E-state index in [9.17, 15) is 4.79 Å². The molecule has 1 aromatic carbocycles. The fourth-order valence-electron chi connectivity index (χ4n) is 2.58. The Balaban J connectivity index is 1.88. The Morgan fingerprint density at radius 3 is 2.71 bits per heavy atom. The Morgan fingerprint density at radius 1 is 1.33 bits per heavy atom. The minimum Gasteiger partial charge on any atom is -0.495 e. The van der Waals surface area contributed by atoms with Crippen LogP contribution in [0.5, 0.6) is 5.75 Å². The molecule has 1 fully saturated rings. The number of piperidine rings is 1. The van der Waals surface area contributed by atoms with Crippen molar-refractivity contribution in [1.82, 2.24) is 4.90 Å². The number of anilines is 1. The van der Waals surface area contributed by atoms with Crippen molar-refractivity contribution < 1.29 is 9.53 Å². The third kappa shape index (κ3) is 4.27. The van der Waals surface area contributed by atoms with E-state index in [1.165, 1.54) is 6.42 Å². The Bertz CT molecular complexity index is 499. The molecule has 0 spiro atoms. The van der Waals surface area contributed by atoms with Crippen molar-refractivity contribution in [2.75, 3.05) is 32.1 Å². The van der Waals surface area contributed by atoms with Gasteiger partial charge in [-0.25, -0.2) is 0 Å². The molecule has 0 unspecified atom stereocenters. The summed E-state index contributed by atoms with van der Waals surface area (Å²) in [6.07, 6.45) is 4.00. The Morgan fingerprint density at radius 2 is 2.05 bits per heavy atom. The van der Waals surface area contributed by atoms with Crippen LogP contribution in [0.2, 0.25) is 5.02 Å². The van der Waals surface area contributed by atoms with Gasteiger partial charge in [0.25, 0.3) is 0 Å². The lowest BCUT2D eigenvalue weighted by Crippen LogP contribution is -2.36. The van der Waals surface area contributed by atoms with Gasteiger partial charge in [0.1, 0.15) is 5.75 Å². The number of hydrogen-bond donors (Lipinski definition) is 1. The predicted molar refractivity (Wildman–Crippen MR) is 86.3 cm³/mol. The summed E-state index contributed by atoms with van der Waals surface area (Å²) >= 11 is 6.08. The molecule has 5 heteroatoms. The van der Waals surface area contributed by atoms with Gasteiger partial charge in [-0.3, -0.25) is 4.79 Å².